The Labute approximate surface area is 117 Å². The summed E-state index contributed by atoms with van der Waals surface area (Å²) in [6, 6.07) is 0. The van der Waals surface area contributed by atoms with E-state index in [0.29, 0.717) is 13.1 Å². The van der Waals surface area contributed by atoms with E-state index in [-0.39, 0.29) is 29.1 Å². The van der Waals surface area contributed by atoms with Crippen molar-refractivity contribution >= 4 is 27.7 Å². The lowest BCUT2D eigenvalue weighted by atomic mass is 10.1. The topological polar surface area (TPSA) is 66.6 Å². The second-order valence-electron chi connectivity index (χ2n) is 5.07. The molecule has 1 rings (SSSR count). The van der Waals surface area contributed by atoms with Crippen LogP contribution >= 0.6 is 15.9 Å². The minimum atomic E-state index is -0.310. The molecule has 1 aliphatic rings. The Kier molecular flexibility index (Phi) is 6.08. The Balaban J connectivity index is 2.51. The minimum Gasteiger partial charge on any atom is -0.369 e. The first-order valence-electron chi connectivity index (χ1n) is 6.35. The van der Waals surface area contributed by atoms with Gasteiger partial charge in [0.05, 0.1) is 11.4 Å². The van der Waals surface area contributed by atoms with Crippen LogP contribution in [0, 0.1) is 5.92 Å². The number of amides is 2. The zero-order chi connectivity index (χ0) is 13.7. The third-order valence-corrected chi connectivity index (χ3v) is 4.55. The van der Waals surface area contributed by atoms with Crippen molar-refractivity contribution in [2.45, 2.75) is 25.1 Å². The molecule has 1 fully saturated rings. The molecule has 0 aromatic rings. The lowest BCUT2D eigenvalue weighted by Crippen LogP contribution is -2.41. The quantitative estimate of drug-likeness (QED) is 0.764. The molecule has 2 N–H and O–H groups in total. The van der Waals surface area contributed by atoms with E-state index in [9.17, 15) is 9.59 Å². The summed E-state index contributed by atoms with van der Waals surface area (Å²) in [6.45, 7) is 7.28. The monoisotopic (exact) mass is 319 g/mol. The van der Waals surface area contributed by atoms with E-state index in [1.54, 1.807) is 0 Å². The number of alkyl halides is 1. The van der Waals surface area contributed by atoms with Gasteiger partial charge in [0.15, 0.2) is 0 Å². The normalized spacial score (nSPS) is 19.7. The molecule has 0 spiro atoms. The lowest BCUT2D eigenvalue weighted by Gasteiger charge is -2.25. The Morgan fingerprint density at radius 3 is 2.44 bits per heavy atom. The fourth-order valence-corrected chi connectivity index (χ4v) is 2.32. The van der Waals surface area contributed by atoms with Crippen LogP contribution < -0.4 is 5.73 Å². The van der Waals surface area contributed by atoms with Gasteiger partial charge in [0.2, 0.25) is 11.8 Å². The maximum Gasteiger partial charge on any atom is 0.236 e. The van der Waals surface area contributed by atoms with Crippen molar-refractivity contribution in [3.05, 3.63) is 0 Å². The molecule has 0 aromatic heterocycles. The summed E-state index contributed by atoms with van der Waals surface area (Å²) >= 11 is 3.45. The number of halogens is 1. The number of rotatable bonds is 4. The molecule has 1 unspecified atom stereocenters. The van der Waals surface area contributed by atoms with Crippen LogP contribution in [0.5, 0.6) is 0 Å². The zero-order valence-corrected chi connectivity index (χ0v) is 12.6. The summed E-state index contributed by atoms with van der Waals surface area (Å²) < 4.78 is 0. The first kappa shape index (κ1) is 15.4. The predicted octanol–water partition coefficient (Wildman–Crippen LogP) is 0.426. The number of primary amides is 1. The van der Waals surface area contributed by atoms with E-state index in [4.69, 9.17) is 5.73 Å². The van der Waals surface area contributed by atoms with Gasteiger partial charge in [-0.25, -0.2) is 0 Å². The van der Waals surface area contributed by atoms with Crippen molar-refractivity contribution in [3.63, 3.8) is 0 Å². The van der Waals surface area contributed by atoms with Crippen molar-refractivity contribution in [2.75, 3.05) is 32.7 Å². The minimum absolute atomic E-state index is 0.125. The van der Waals surface area contributed by atoms with Crippen molar-refractivity contribution in [3.8, 4) is 0 Å². The first-order chi connectivity index (χ1) is 8.41. The van der Waals surface area contributed by atoms with Crippen LogP contribution in [0.2, 0.25) is 0 Å². The number of hydrogen-bond acceptors (Lipinski definition) is 3. The van der Waals surface area contributed by atoms with E-state index in [1.165, 1.54) is 0 Å². The Bertz CT molecular complexity index is 310. The van der Waals surface area contributed by atoms with Gasteiger partial charge in [-0.1, -0.05) is 29.8 Å². The van der Waals surface area contributed by atoms with Gasteiger partial charge in [-0.15, -0.1) is 0 Å². The molecule has 1 heterocycles. The summed E-state index contributed by atoms with van der Waals surface area (Å²) in [6.07, 6.45) is 0.886. The van der Waals surface area contributed by atoms with Crippen LogP contribution in [0.15, 0.2) is 0 Å². The van der Waals surface area contributed by atoms with Crippen LogP contribution in [0.1, 0.15) is 20.3 Å². The van der Waals surface area contributed by atoms with Gasteiger partial charge in [-0.05, 0) is 12.3 Å². The predicted molar refractivity (Wildman–Crippen MR) is 74.4 cm³/mol. The number of carbonyl (C=O) groups excluding carboxylic acids is 2. The average molecular weight is 320 g/mol. The van der Waals surface area contributed by atoms with Gasteiger partial charge in [0.25, 0.3) is 0 Å². The highest BCUT2D eigenvalue weighted by atomic mass is 79.9. The molecule has 0 aromatic carbocycles. The molecule has 0 radical (unpaired) electrons. The number of nitrogens with zero attached hydrogens (tertiary/aromatic N) is 2. The Morgan fingerprint density at radius 2 is 1.89 bits per heavy atom. The zero-order valence-electron chi connectivity index (χ0n) is 11.1. The summed E-state index contributed by atoms with van der Waals surface area (Å²) in [5, 5.41) is 0. The third-order valence-electron chi connectivity index (χ3n) is 3.10. The smallest absolute Gasteiger partial charge is 0.236 e. The summed E-state index contributed by atoms with van der Waals surface area (Å²) in [7, 11) is 0. The van der Waals surface area contributed by atoms with Crippen molar-refractivity contribution in [1.29, 1.82) is 0 Å². The molecule has 0 saturated carbocycles. The van der Waals surface area contributed by atoms with Crippen molar-refractivity contribution < 1.29 is 9.59 Å². The molecule has 5 nitrogen and oxygen atoms in total. The Morgan fingerprint density at radius 1 is 1.22 bits per heavy atom. The highest BCUT2D eigenvalue weighted by Crippen LogP contribution is 2.16. The SMILES string of the molecule is CC(C)C(Br)C(=O)N1CCCN(CC(N)=O)CC1. The second-order valence-corrected chi connectivity index (χ2v) is 6.05. The fraction of sp³-hybridized carbons (Fsp3) is 0.833. The lowest BCUT2D eigenvalue weighted by molar-refractivity contribution is -0.131. The first-order valence-corrected chi connectivity index (χ1v) is 7.27. The Hall–Kier alpha value is -0.620. The summed E-state index contributed by atoms with van der Waals surface area (Å²) in [4.78, 5) is 26.8. The molecule has 0 aliphatic carbocycles. The van der Waals surface area contributed by atoms with Crippen LogP contribution in [0.3, 0.4) is 0 Å². The molecular formula is C12H22BrN3O2. The van der Waals surface area contributed by atoms with Gasteiger partial charge in [0, 0.05) is 26.2 Å². The van der Waals surface area contributed by atoms with Gasteiger partial charge in [-0.3, -0.25) is 14.5 Å². The molecule has 0 bridgehead atoms. The standard InChI is InChI=1S/C12H22BrN3O2/c1-9(2)11(13)12(18)16-5-3-4-15(6-7-16)8-10(14)17/h9,11H,3-8H2,1-2H3,(H2,14,17). The van der Waals surface area contributed by atoms with E-state index in [0.717, 1.165) is 19.5 Å². The molecular weight excluding hydrogens is 298 g/mol. The number of nitrogens with two attached hydrogens (primary N) is 1. The molecule has 6 heteroatoms. The van der Waals surface area contributed by atoms with Crippen LogP contribution in [0.4, 0.5) is 0 Å². The summed E-state index contributed by atoms with van der Waals surface area (Å²) in [5.41, 5.74) is 5.19. The molecule has 18 heavy (non-hydrogen) atoms. The third kappa shape index (κ3) is 4.57. The maximum atomic E-state index is 12.2. The molecule has 2 amide bonds. The van der Waals surface area contributed by atoms with Gasteiger partial charge in [0.1, 0.15) is 0 Å². The maximum absolute atomic E-state index is 12.2. The van der Waals surface area contributed by atoms with Crippen molar-refractivity contribution in [2.24, 2.45) is 11.7 Å². The van der Waals surface area contributed by atoms with E-state index in [1.807, 2.05) is 23.6 Å². The highest BCUT2D eigenvalue weighted by molar-refractivity contribution is 9.10. The number of hydrogen-bond donors (Lipinski definition) is 1. The van der Waals surface area contributed by atoms with Crippen LogP contribution in [0.25, 0.3) is 0 Å². The van der Waals surface area contributed by atoms with Gasteiger partial charge < -0.3 is 10.6 Å². The summed E-state index contributed by atoms with van der Waals surface area (Å²) in [5.74, 6) is 0.115. The van der Waals surface area contributed by atoms with E-state index >= 15 is 0 Å². The van der Waals surface area contributed by atoms with Crippen LogP contribution in [-0.4, -0.2) is 59.2 Å². The van der Waals surface area contributed by atoms with Crippen LogP contribution in [-0.2, 0) is 9.59 Å². The average Bonchev–Trinajstić information content (AvgIpc) is 2.51. The highest BCUT2D eigenvalue weighted by Gasteiger charge is 2.26. The fourth-order valence-electron chi connectivity index (χ4n) is 2.03. The van der Waals surface area contributed by atoms with Gasteiger partial charge >= 0.3 is 0 Å². The largest absolute Gasteiger partial charge is 0.369 e. The molecule has 1 aliphatic heterocycles. The number of carbonyl (C=O) groups is 2. The van der Waals surface area contributed by atoms with E-state index < -0.39 is 0 Å². The van der Waals surface area contributed by atoms with E-state index in [2.05, 4.69) is 15.9 Å². The van der Waals surface area contributed by atoms with Gasteiger partial charge in [-0.2, -0.15) is 0 Å². The molecule has 1 saturated heterocycles. The molecule has 1 atom stereocenters. The second kappa shape index (κ2) is 7.09. The molecule has 104 valence electrons. The van der Waals surface area contributed by atoms with Crippen molar-refractivity contribution in [1.82, 2.24) is 9.80 Å².